The molecule has 1 aliphatic heterocycles. The molecule has 9 heteroatoms. The molecule has 3 aromatic rings. The Morgan fingerprint density at radius 1 is 1.19 bits per heavy atom. The van der Waals surface area contributed by atoms with Gasteiger partial charge < -0.3 is 15.4 Å². The van der Waals surface area contributed by atoms with Crippen molar-refractivity contribution in [2.75, 3.05) is 39.1 Å². The molecular weight excluding hydrogens is 396 g/mol. The van der Waals surface area contributed by atoms with Crippen LogP contribution in [-0.2, 0) is 16.1 Å². The van der Waals surface area contributed by atoms with E-state index in [1.165, 1.54) is 4.57 Å². The van der Waals surface area contributed by atoms with Crippen molar-refractivity contribution in [3.05, 3.63) is 65.1 Å². The summed E-state index contributed by atoms with van der Waals surface area (Å²) >= 11 is 0. The van der Waals surface area contributed by atoms with Crippen molar-refractivity contribution >= 4 is 29.2 Å². The van der Waals surface area contributed by atoms with E-state index in [1.54, 1.807) is 29.1 Å². The monoisotopic (exact) mass is 420 g/mol. The van der Waals surface area contributed by atoms with Gasteiger partial charge in [-0.2, -0.15) is 5.10 Å². The first kappa shape index (κ1) is 20.5. The highest BCUT2D eigenvalue weighted by Crippen LogP contribution is 2.15. The van der Waals surface area contributed by atoms with Gasteiger partial charge in [0.15, 0.2) is 5.82 Å². The number of anilines is 1. The summed E-state index contributed by atoms with van der Waals surface area (Å²) < 4.78 is 6.72. The van der Waals surface area contributed by atoms with Crippen LogP contribution >= 0.6 is 0 Å². The first-order valence-electron chi connectivity index (χ1n) is 10.0. The van der Waals surface area contributed by atoms with Crippen LogP contribution in [0.2, 0.25) is 0 Å². The number of ether oxygens (including phenoxy) is 1. The van der Waals surface area contributed by atoms with Crippen LogP contribution in [0.15, 0.2) is 53.6 Å². The van der Waals surface area contributed by atoms with Crippen LogP contribution in [0.4, 0.5) is 5.82 Å². The minimum absolute atomic E-state index is 0.0258. The maximum Gasteiger partial charge on any atom is 0.254 e. The molecule has 1 saturated heterocycles. The normalized spacial score (nSPS) is 14.6. The predicted molar refractivity (Wildman–Crippen MR) is 116 cm³/mol. The number of fused-ring (bicyclic) bond motifs is 1. The van der Waals surface area contributed by atoms with Gasteiger partial charge in [0.2, 0.25) is 11.9 Å². The van der Waals surface area contributed by atoms with Gasteiger partial charge in [-0.05, 0) is 23.8 Å². The van der Waals surface area contributed by atoms with E-state index >= 15 is 0 Å². The van der Waals surface area contributed by atoms with Gasteiger partial charge in [0.25, 0.3) is 5.91 Å². The molecular formula is C22H24N6O3. The third kappa shape index (κ3) is 4.26. The molecule has 0 bridgehead atoms. The van der Waals surface area contributed by atoms with Crippen LogP contribution in [0.3, 0.4) is 0 Å². The molecule has 9 nitrogen and oxygen atoms in total. The molecule has 0 aliphatic carbocycles. The van der Waals surface area contributed by atoms with E-state index in [1.807, 2.05) is 36.4 Å². The maximum absolute atomic E-state index is 13.0. The molecule has 2 heterocycles. The molecule has 2 aromatic carbocycles. The summed E-state index contributed by atoms with van der Waals surface area (Å²) in [7, 11) is 1.76. The number of nitrogen functional groups attached to an aromatic ring is 1. The van der Waals surface area contributed by atoms with E-state index in [9.17, 15) is 9.59 Å². The van der Waals surface area contributed by atoms with Crippen molar-refractivity contribution in [3.63, 3.8) is 0 Å². The largest absolute Gasteiger partial charge is 0.381 e. The molecule has 0 radical (unpaired) electrons. The van der Waals surface area contributed by atoms with E-state index < -0.39 is 0 Å². The van der Waals surface area contributed by atoms with Crippen molar-refractivity contribution in [3.8, 4) is 0 Å². The predicted octanol–water partition coefficient (Wildman–Crippen LogP) is 1.08. The quantitative estimate of drug-likeness (QED) is 0.489. The molecule has 1 amide bonds. The Hall–Kier alpha value is -3.72. The van der Waals surface area contributed by atoms with Gasteiger partial charge in [0, 0.05) is 25.7 Å². The smallest absolute Gasteiger partial charge is 0.254 e. The Labute approximate surface area is 179 Å². The summed E-state index contributed by atoms with van der Waals surface area (Å²) in [5.74, 6) is 0.123. The van der Waals surface area contributed by atoms with Crippen molar-refractivity contribution < 1.29 is 14.3 Å². The average Bonchev–Trinajstić information content (AvgIpc) is 2.80. The number of benzene rings is 2. The van der Waals surface area contributed by atoms with Crippen LogP contribution in [-0.4, -0.2) is 65.1 Å². The lowest BCUT2D eigenvalue weighted by atomic mass is 10.1. The lowest BCUT2D eigenvalue weighted by molar-refractivity contribution is 0.0301. The highest BCUT2D eigenvalue weighted by molar-refractivity contribution is 5.95. The second-order valence-electron chi connectivity index (χ2n) is 7.26. The summed E-state index contributed by atoms with van der Waals surface area (Å²) in [5.41, 5.74) is 9.01. The van der Waals surface area contributed by atoms with Crippen LogP contribution in [0, 0.1) is 0 Å². The Balaban J connectivity index is 1.66. The molecule has 1 fully saturated rings. The van der Waals surface area contributed by atoms with Crippen LogP contribution in [0.5, 0.6) is 0 Å². The highest BCUT2D eigenvalue weighted by Gasteiger charge is 2.21. The SMILES string of the molecule is CN(Cc1ccccc1C(=O)N1CCOCC1)N=c1c(N)nc2ccccc2n1C=O. The Morgan fingerprint density at radius 2 is 1.90 bits per heavy atom. The fourth-order valence-corrected chi connectivity index (χ4v) is 3.63. The summed E-state index contributed by atoms with van der Waals surface area (Å²) in [4.78, 5) is 30.9. The van der Waals surface area contributed by atoms with Crippen molar-refractivity contribution in [2.24, 2.45) is 5.10 Å². The minimum atomic E-state index is -0.0258. The third-order valence-corrected chi connectivity index (χ3v) is 5.16. The summed E-state index contributed by atoms with van der Waals surface area (Å²) in [5, 5.41) is 6.17. The number of nitrogens with two attached hydrogens (primary N) is 1. The molecule has 160 valence electrons. The number of hydrogen-bond donors (Lipinski definition) is 1. The number of morpholine rings is 1. The van der Waals surface area contributed by atoms with Gasteiger partial charge in [-0.15, -0.1) is 0 Å². The zero-order chi connectivity index (χ0) is 21.8. The van der Waals surface area contributed by atoms with Crippen molar-refractivity contribution in [1.29, 1.82) is 0 Å². The molecule has 0 atom stereocenters. The topological polar surface area (TPSA) is 106 Å². The van der Waals surface area contributed by atoms with Crippen LogP contribution in [0.1, 0.15) is 15.9 Å². The summed E-state index contributed by atoms with van der Waals surface area (Å²) in [6.45, 7) is 2.60. The van der Waals surface area contributed by atoms with Crippen LogP contribution < -0.4 is 11.2 Å². The van der Waals surface area contributed by atoms with Gasteiger partial charge >= 0.3 is 0 Å². The zero-order valence-electron chi connectivity index (χ0n) is 17.3. The number of aromatic nitrogens is 2. The van der Waals surface area contributed by atoms with Crippen molar-refractivity contribution in [2.45, 2.75) is 6.54 Å². The second kappa shape index (κ2) is 8.97. The zero-order valence-corrected chi connectivity index (χ0v) is 17.3. The van der Waals surface area contributed by atoms with E-state index in [-0.39, 0.29) is 17.2 Å². The molecule has 31 heavy (non-hydrogen) atoms. The highest BCUT2D eigenvalue weighted by atomic mass is 16.5. The van der Waals surface area contributed by atoms with Gasteiger partial charge in [0.05, 0.1) is 30.8 Å². The lowest BCUT2D eigenvalue weighted by Crippen LogP contribution is -2.41. The number of rotatable bonds is 5. The number of carbonyl (C=O) groups is 2. The number of hydrogen-bond acceptors (Lipinski definition) is 7. The van der Waals surface area contributed by atoms with Crippen molar-refractivity contribution in [1.82, 2.24) is 19.5 Å². The number of nitrogens with zero attached hydrogens (tertiary/aromatic N) is 5. The standard InChI is InChI=1S/C22H24N6O3/c1-26(25-21-20(23)24-18-8-4-5-9-19(18)28(21)15-29)14-16-6-2-3-7-17(16)22(30)27-10-12-31-13-11-27/h2-9,15H,10-14H2,1H3,(H2,23,24). The molecule has 4 rings (SSSR count). The first-order valence-corrected chi connectivity index (χ1v) is 10.0. The number of para-hydroxylation sites is 2. The Morgan fingerprint density at radius 3 is 2.68 bits per heavy atom. The molecule has 2 N–H and O–H groups in total. The first-order chi connectivity index (χ1) is 15.1. The molecule has 0 unspecified atom stereocenters. The fourth-order valence-electron chi connectivity index (χ4n) is 3.63. The summed E-state index contributed by atoms with van der Waals surface area (Å²) in [6.07, 6.45) is 0.670. The maximum atomic E-state index is 13.0. The number of carbonyl (C=O) groups excluding carboxylic acids is 2. The van der Waals surface area contributed by atoms with E-state index in [4.69, 9.17) is 10.5 Å². The van der Waals surface area contributed by atoms with E-state index in [2.05, 4.69) is 10.1 Å². The Kier molecular flexibility index (Phi) is 5.94. The third-order valence-electron chi connectivity index (χ3n) is 5.16. The average molecular weight is 420 g/mol. The van der Waals surface area contributed by atoms with Gasteiger partial charge in [-0.25, -0.2) is 4.98 Å². The minimum Gasteiger partial charge on any atom is -0.381 e. The van der Waals surface area contributed by atoms with Gasteiger partial charge in [-0.3, -0.25) is 19.2 Å². The molecule has 1 aliphatic rings. The lowest BCUT2D eigenvalue weighted by Gasteiger charge is -2.28. The summed E-state index contributed by atoms with van der Waals surface area (Å²) in [6, 6.07) is 14.7. The van der Waals surface area contributed by atoms with Crippen LogP contribution in [0.25, 0.3) is 11.0 Å². The molecule has 0 spiro atoms. The fraction of sp³-hybridized carbons (Fsp3) is 0.273. The molecule has 0 saturated carbocycles. The Bertz CT molecular complexity index is 1180. The van der Waals surface area contributed by atoms with Gasteiger partial charge in [-0.1, -0.05) is 30.3 Å². The second-order valence-corrected chi connectivity index (χ2v) is 7.26. The molecule has 1 aromatic heterocycles. The van der Waals surface area contributed by atoms with Gasteiger partial charge in [0.1, 0.15) is 0 Å². The number of amides is 1. The van der Waals surface area contributed by atoms with E-state index in [0.717, 1.165) is 5.56 Å². The van der Waals surface area contributed by atoms with E-state index in [0.29, 0.717) is 55.9 Å².